The van der Waals surface area contributed by atoms with Crippen LogP contribution in [-0.4, -0.2) is 22.4 Å². The molecule has 58 valence electrons. The molecule has 0 aromatic rings. The van der Waals surface area contributed by atoms with E-state index >= 15 is 0 Å². The van der Waals surface area contributed by atoms with Gasteiger partial charge in [0.2, 0.25) is 0 Å². The third-order valence-electron chi connectivity index (χ3n) is 1.03. The summed E-state index contributed by atoms with van der Waals surface area (Å²) in [7, 11) is 0. The van der Waals surface area contributed by atoms with Crippen molar-refractivity contribution in [3.63, 3.8) is 0 Å². The van der Waals surface area contributed by atoms with E-state index in [2.05, 4.69) is 13.2 Å². The van der Waals surface area contributed by atoms with E-state index in [9.17, 15) is 0 Å². The van der Waals surface area contributed by atoms with Gasteiger partial charge in [0.25, 0.3) is 0 Å². The smallest absolute Gasteiger partial charge is 0.0746 e. The van der Waals surface area contributed by atoms with Crippen LogP contribution < -0.4 is 0 Å². The van der Waals surface area contributed by atoms with E-state index in [1.165, 1.54) is 12.2 Å². The van der Waals surface area contributed by atoms with Gasteiger partial charge in [0.15, 0.2) is 0 Å². The zero-order valence-electron chi connectivity index (χ0n) is 6.48. The average Bonchev–Trinajstić information content (AvgIpc) is 1.87. The molecule has 0 saturated heterocycles. The summed E-state index contributed by atoms with van der Waals surface area (Å²) in [5.41, 5.74) is 0. The van der Waals surface area contributed by atoms with Crippen LogP contribution in [0.3, 0.4) is 0 Å². The predicted molar refractivity (Wildman–Crippen MR) is 37.0 cm³/mol. The Morgan fingerprint density at radius 1 is 1.00 bits per heavy atom. The molecule has 0 saturated carbocycles. The van der Waals surface area contributed by atoms with E-state index in [0.717, 1.165) is 0 Å². The van der Waals surface area contributed by atoms with Gasteiger partial charge in [-0.25, -0.2) is 0 Å². The van der Waals surface area contributed by atoms with Gasteiger partial charge < -0.3 is 10.2 Å². The molecule has 0 fully saturated rings. The Kier molecular flexibility index (Phi) is 21.2. The van der Waals surface area contributed by atoms with Crippen LogP contribution in [0.15, 0.2) is 25.3 Å². The van der Waals surface area contributed by atoms with Crippen LogP contribution in [-0.2, 0) is 0 Å². The van der Waals surface area contributed by atoms with Crippen molar-refractivity contribution < 1.29 is 98.3 Å². The fraction of sp³-hybridized carbons (Fsp3) is 0.429. The molecule has 2 radical (unpaired) electrons. The molecular weight excluding hydrogens is 570 g/mol. The normalized spacial score (nSPS) is 13.3. The number of hydrogen-bond donors (Lipinski definition) is 2. The molecule has 0 rings (SSSR count). The van der Waals surface area contributed by atoms with E-state index in [4.69, 9.17) is 10.2 Å². The van der Waals surface area contributed by atoms with Crippen molar-refractivity contribution >= 4 is 0 Å². The Balaban J connectivity index is -0.000000320. The summed E-state index contributed by atoms with van der Waals surface area (Å²) in [4.78, 5) is 0. The summed E-state index contributed by atoms with van der Waals surface area (Å²) >= 11 is 0. The monoisotopic (exact) mass is 582 g/mol. The number of aliphatic hydroxyl groups excluding tert-OH is 2. The van der Waals surface area contributed by atoms with E-state index in [-0.39, 0.29) is 94.5 Å². The van der Waals surface area contributed by atoms with Gasteiger partial charge in [0, 0.05) is 94.5 Å². The van der Waals surface area contributed by atoms with Crippen molar-refractivity contribution in [2.75, 3.05) is 0 Å². The van der Waals surface area contributed by atoms with Crippen LogP contribution in [0.2, 0.25) is 0 Å². The molecule has 11 heavy (non-hydrogen) atoms. The summed E-state index contributed by atoms with van der Waals surface area (Å²) in [5, 5.41) is 17.7. The van der Waals surface area contributed by atoms with Gasteiger partial charge in [-0.1, -0.05) is 12.2 Å². The zero-order valence-corrected chi connectivity index (χ0v) is 16.0. The largest absolute Gasteiger partial charge is 0.389 e. The molecule has 0 aliphatic carbocycles. The van der Waals surface area contributed by atoms with E-state index in [0.29, 0.717) is 0 Å². The van der Waals surface area contributed by atoms with Crippen molar-refractivity contribution in [3.8, 4) is 0 Å². The molecule has 0 unspecified atom stereocenters. The Bertz CT molecular complexity index is 94.6. The molecule has 0 bridgehead atoms. The Labute approximate surface area is 139 Å². The van der Waals surface area contributed by atoms with Gasteiger partial charge >= 0.3 is 0 Å². The molecule has 2 nitrogen and oxygen atoms in total. The SMILES string of the molecule is C=C[C@@H](O)C[C@@H](O)C=C.[Ac].[Ac]. The van der Waals surface area contributed by atoms with Crippen LogP contribution in [0.5, 0.6) is 0 Å². The average molecular weight is 582 g/mol. The molecule has 0 aliphatic heterocycles. The topological polar surface area (TPSA) is 40.5 Å². The fourth-order valence-corrected chi connectivity index (χ4v) is 0.440. The summed E-state index contributed by atoms with van der Waals surface area (Å²) in [6.07, 6.45) is 1.79. The third-order valence-corrected chi connectivity index (χ3v) is 1.03. The van der Waals surface area contributed by atoms with Crippen molar-refractivity contribution in [1.82, 2.24) is 0 Å². The molecule has 0 spiro atoms. The molecule has 4 heteroatoms. The molecule has 0 amide bonds. The van der Waals surface area contributed by atoms with Crippen molar-refractivity contribution in [2.45, 2.75) is 18.6 Å². The third kappa shape index (κ3) is 12.3. The Morgan fingerprint density at radius 3 is 1.45 bits per heavy atom. The number of hydrogen-bond acceptors (Lipinski definition) is 2. The minimum Gasteiger partial charge on any atom is -0.389 e. The van der Waals surface area contributed by atoms with Crippen molar-refractivity contribution in [1.29, 1.82) is 0 Å². The van der Waals surface area contributed by atoms with Gasteiger partial charge in [0.1, 0.15) is 0 Å². The number of aliphatic hydroxyl groups is 2. The molecule has 0 heterocycles. The maximum Gasteiger partial charge on any atom is 0.0746 e. The van der Waals surface area contributed by atoms with Crippen LogP contribution in [0, 0.1) is 88.1 Å². The standard InChI is InChI=1S/C7H12O2.2Ac/c1-3-6(8)5-7(9)4-2;;/h3-4,6-9H,1-2,5H2;;/t6-,7+;;. The summed E-state index contributed by atoms with van der Waals surface area (Å²) in [6.45, 7) is 6.71. The number of rotatable bonds is 4. The first-order valence-electron chi connectivity index (χ1n) is 2.82. The molecule has 2 atom stereocenters. The first kappa shape index (κ1) is 19.0. The molecule has 0 aromatic carbocycles. The summed E-state index contributed by atoms with van der Waals surface area (Å²) in [5.74, 6) is 0. The minimum atomic E-state index is -0.627. The van der Waals surface area contributed by atoms with E-state index in [1.807, 2.05) is 0 Å². The second kappa shape index (κ2) is 12.3. The van der Waals surface area contributed by atoms with Crippen LogP contribution >= 0.6 is 0 Å². The maximum absolute atomic E-state index is 8.83. The Morgan fingerprint density at radius 2 is 1.27 bits per heavy atom. The quantitative estimate of drug-likeness (QED) is 0.474. The van der Waals surface area contributed by atoms with Crippen LogP contribution in [0.25, 0.3) is 0 Å². The van der Waals surface area contributed by atoms with E-state index in [1.54, 1.807) is 0 Å². The van der Waals surface area contributed by atoms with Gasteiger partial charge in [0.05, 0.1) is 12.2 Å². The van der Waals surface area contributed by atoms with Gasteiger partial charge in [-0.05, 0) is 0 Å². The maximum atomic E-state index is 8.83. The molecular formula is C7H12Ac2O2. The van der Waals surface area contributed by atoms with Gasteiger partial charge in [-0.15, -0.1) is 13.2 Å². The fourth-order valence-electron chi connectivity index (χ4n) is 0.440. The first-order chi connectivity index (χ1) is 4.20. The molecule has 2 N–H and O–H groups in total. The van der Waals surface area contributed by atoms with Crippen LogP contribution in [0.1, 0.15) is 6.42 Å². The van der Waals surface area contributed by atoms with Crippen molar-refractivity contribution in [2.24, 2.45) is 0 Å². The molecule has 0 aliphatic rings. The zero-order chi connectivity index (χ0) is 7.28. The Hall–Kier alpha value is 2.28. The van der Waals surface area contributed by atoms with Crippen molar-refractivity contribution in [3.05, 3.63) is 25.3 Å². The van der Waals surface area contributed by atoms with Gasteiger partial charge in [-0.3, -0.25) is 0 Å². The predicted octanol–water partition coefficient (Wildman–Crippen LogP) is 0.470. The first-order valence-corrected chi connectivity index (χ1v) is 2.82. The minimum absolute atomic E-state index is 0. The second-order valence-electron chi connectivity index (χ2n) is 1.84. The van der Waals surface area contributed by atoms with Crippen LogP contribution in [0.4, 0.5) is 0 Å². The second-order valence-corrected chi connectivity index (χ2v) is 1.84. The summed E-state index contributed by atoms with van der Waals surface area (Å²) in [6, 6.07) is 0. The molecule has 0 aromatic heterocycles. The van der Waals surface area contributed by atoms with E-state index < -0.39 is 12.2 Å². The summed E-state index contributed by atoms with van der Waals surface area (Å²) < 4.78 is 0. The van der Waals surface area contributed by atoms with Gasteiger partial charge in [-0.2, -0.15) is 0 Å².